The predicted molar refractivity (Wildman–Crippen MR) is 76.1 cm³/mol. The Morgan fingerprint density at radius 2 is 2.20 bits per heavy atom. The van der Waals surface area contributed by atoms with Gasteiger partial charge < -0.3 is 5.11 Å². The zero-order valence-corrected chi connectivity index (χ0v) is 12.3. The molecule has 3 atom stereocenters. The molecule has 1 fully saturated rings. The average Bonchev–Trinajstić information content (AvgIpc) is 2.41. The van der Waals surface area contributed by atoms with E-state index < -0.39 is 5.97 Å². The molecule has 0 saturated carbocycles. The first-order valence-corrected chi connectivity index (χ1v) is 7.14. The van der Waals surface area contributed by atoms with Crippen LogP contribution >= 0.6 is 0 Å². The van der Waals surface area contributed by atoms with Crippen LogP contribution in [0.1, 0.15) is 43.9 Å². The second-order valence-corrected chi connectivity index (χ2v) is 5.83. The Kier molecular flexibility index (Phi) is 4.43. The highest BCUT2D eigenvalue weighted by Gasteiger charge is 2.32. The molecule has 0 radical (unpaired) electrons. The molecule has 1 saturated heterocycles. The van der Waals surface area contributed by atoms with E-state index in [1.54, 1.807) is 19.1 Å². The van der Waals surface area contributed by atoms with Crippen LogP contribution in [0.5, 0.6) is 0 Å². The number of benzene rings is 1. The van der Waals surface area contributed by atoms with E-state index in [1.807, 2.05) is 6.07 Å². The van der Waals surface area contributed by atoms with Crippen molar-refractivity contribution < 1.29 is 14.3 Å². The number of carboxylic acid groups (broad SMARTS) is 1. The first-order valence-electron chi connectivity index (χ1n) is 7.14. The van der Waals surface area contributed by atoms with Crippen molar-refractivity contribution >= 4 is 5.97 Å². The highest BCUT2D eigenvalue weighted by atomic mass is 19.1. The summed E-state index contributed by atoms with van der Waals surface area (Å²) < 4.78 is 13.7. The first-order chi connectivity index (χ1) is 9.40. The van der Waals surface area contributed by atoms with E-state index in [4.69, 9.17) is 5.11 Å². The number of aryl methyl sites for hydroxylation is 1. The third kappa shape index (κ3) is 3.01. The molecule has 1 aromatic rings. The minimum atomic E-state index is -0.703. The van der Waals surface area contributed by atoms with Gasteiger partial charge in [0.15, 0.2) is 0 Å². The molecule has 1 heterocycles. The number of hydrogen-bond acceptors (Lipinski definition) is 2. The largest absolute Gasteiger partial charge is 0.481 e. The van der Waals surface area contributed by atoms with Crippen molar-refractivity contribution in [3.63, 3.8) is 0 Å². The lowest BCUT2D eigenvalue weighted by molar-refractivity contribution is -0.144. The van der Waals surface area contributed by atoms with E-state index >= 15 is 0 Å². The highest BCUT2D eigenvalue weighted by Crippen LogP contribution is 2.31. The van der Waals surface area contributed by atoms with Gasteiger partial charge in [-0.15, -0.1) is 0 Å². The molecule has 2 rings (SSSR count). The molecule has 0 bridgehead atoms. The monoisotopic (exact) mass is 279 g/mol. The lowest BCUT2D eigenvalue weighted by Gasteiger charge is -2.40. The summed E-state index contributed by atoms with van der Waals surface area (Å²) in [6, 6.07) is 5.66. The van der Waals surface area contributed by atoms with Crippen LogP contribution in [0.4, 0.5) is 4.39 Å². The lowest BCUT2D eigenvalue weighted by Crippen LogP contribution is -2.43. The Labute approximate surface area is 119 Å². The maximum atomic E-state index is 13.7. The standard InChI is InChI=1S/C16H22FNO2/c1-10-4-5-13(9-15(10)17)12(3)18-7-6-14(16(19)20)8-11(18)2/h4-5,9,11-12,14H,6-8H2,1-3H3,(H,19,20). The fraction of sp³-hybridized carbons (Fsp3) is 0.562. The van der Waals surface area contributed by atoms with Gasteiger partial charge in [0.1, 0.15) is 5.82 Å². The van der Waals surface area contributed by atoms with E-state index in [0.29, 0.717) is 18.4 Å². The number of hydrogen-bond donors (Lipinski definition) is 1. The maximum Gasteiger partial charge on any atom is 0.306 e. The van der Waals surface area contributed by atoms with Crippen molar-refractivity contribution in [3.05, 3.63) is 35.1 Å². The molecule has 0 aromatic heterocycles. The Hall–Kier alpha value is -1.42. The van der Waals surface area contributed by atoms with E-state index in [9.17, 15) is 9.18 Å². The van der Waals surface area contributed by atoms with Gasteiger partial charge in [0.25, 0.3) is 0 Å². The van der Waals surface area contributed by atoms with Gasteiger partial charge in [0.05, 0.1) is 5.92 Å². The third-order valence-electron chi connectivity index (χ3n) is 4.45. The van der Waals surface area contributed by atoms with Crippen molar-refractivity contribution in [1.82, 2.24) is 4.90 Å². The van der Waals surface area contributed by atoms with Crippen LogP contribution in [-0.2, 0) is 4.79 Å². The smallest absolute Gasteiger partial charge is 0.306 e. The zero-order valence-electron chi connectivity index (χ0n) is 12.3. The van der Waals surface area contributed by atoms with Crippen LogP contribution < -0.4 is 0 Å². The van der Waals surface area contributed by atoms with Gasteiger partial charge in [-0.2, -0.15) is 0 Å². The van der Waals surface area contributed by atoms with E-state index in [2.05, 4.69) is 18.7 Å². The van der Waals surface area contributed by atoms with Gasteiger partial charge in [0, 0.05) is 12.1 Å². The first kappa shape index (κ1) is 15.0. The second-order valence-electron chi connectivity index (χ2n) is 5.83. The van der Waals surface area contributed by atoms with Crippen LogP contribution in [0, 0.1) is 18.7 Å². The number of carbonyl (C=O) groups is 1. The Morgan fingerprint density at radius 1 is 1.50 bits per heavy atom. The van der Waals surface area contributed by atoms with Gasteiger partial charge >= 0.3 is 5.97 Å². The molecule has 1 aromatic carbocycles. The van der Waals surface area contributed by atoms with Crippen molar-refractivity contribution in [3.8, 4) is 0 Å². The normalized spacial score (nSPS) is 25.4. The molecule has 20 heavy (non-hydrogen) atoms. The van der Waals surface area contributed by atoms with Crippen LogP contribution in [0.3, 0.4) is 0 Å². The molecule has 0 amide bonds. The van der Waals surface area contributed by atoms with Crippen molar-refractivity contribution in [1.29, 1.82) is 0 Å². The summed E-state index contributed by atoms with van der Waals surface area (Å²) in [5.41, 5.74) is 1.60. The van der Waals surface area contributed by atoms with Crippen molar-refractivity contribution in [2.24, 2.45) is 5.92 Å². The summed E-state index contributed by atoms with van der Waals surface area (Å²) in [5, 5.41) is 9.10. The Balaban J connectivity index is 2.11. The molecule has 4 heteroatoms. The molecule has 0 spiro atoms. The van der Waals surface area contributed by atoms with Crippen LogP contribution in [-0.4, -0.2) is 28.6 Å². The number of aliphatic carboxylic acids is 1. The molecular weight excluding hydrogens is 257 g/mol. The SMILES string of the molecule is Cc1ccc(C(C)N2CCC(C(=O)O)CC2C)cc1F. The molecule has 1 aliphatic rings. The van der Waals surface area contributed by atoms with Crippen LogP contribution in [0.15, 0.2) is 18.2 Å². The summed E-state index contributed by atoms with van der Waals surface area (Å²) >= 11 is 0. The highest BCUT2D eigenvalue weighted by molar-refractivity contribution is 5.70. The number of likely N-dealkylation sites (tertiary alicyclic amines) is 1. The van der Waals surface area contributed by atoms with Gasteiger partial charge in [-0.3, -0.25) is 9.69 Å². The number of piperidine rings is 1. The minimum absolute atomic E-state index is 0.106. The number of carboxylic acids is 1. The Morgan fingerprint density at radius 3 is 2.75 bits per heavy atom. The fourth-order valence-corrected chi connectivity index (χ4v) is 3.05. The fourth-order valence-electron chi connectivity index (χ4n) is 3.05. The van der Waals surface area contributed by atoms with Crippen LogP contribution in [0.2, 0.25) is 0 Å². The minimum Gasteiger partial charge on any atom is -0.481 e. The zero-order chi connectivity index (χ0) is 14.9. The second kappa shape index (κ2) is 5.92. The number of halogens is 1. The molecule has 3 unspecified atom stereocenters. The summed E-state index contributed by atoms with van der Waals surface area (Å²) in [6.45, 7) is 6.61. The van der Waals surface area contributed by atoms with Crippen molar-refractivity contribution in [2.45, 2.75) is 45.7 Å². The average molecular weight is 279 g/mol. The Bertz CT molecular complexity index is 503. The summed E-state index contributed by atoms with van der Waals surface area (Å²) in [4.78, 5) is 13.3. The van der Waals surface area contributed by atoms with Crippen LogP contribution in [0.25, 0.3) is 0 Å². The molecule has 110 valence electrons. The molecule has 1 N–H and O–H groups in total. The quantitative estimate of drug-likeness (QED) is 0.922. The number of rotatable bonds is 3. The summed E-state index contributed by atoms with van der Waals surface area (Å²) in [7, 11) is 0. The van der Waals surface area contributed by atoms with Gasteiger partial charge in [0.2, 0.25) is 0 Å². The molecule has 0 aliphatic carbocycles. The third-order valence-corrected chi connectivity index (χ3v) is 4.45. The predicted octanol–water partition coefficient (Wildman–Crippen LogP) is 3.38. The summed E-state index contributed by atoms with van der Waals surface area (Å²) in [5.74, 6) is -1.13. The van der Waals surface area contributed by atoms with Crippen molar-refractivity contribution in [2.75, 3.05) is 6.54 Å². The molecule has 1 aliphatic heterocycles. The van der Waals surface area contributed by atoms with Gasteiger partial charge in [-0.05, 0) is 57.4 Å². The van der Waals surface area contributed by atoms with Gasteiger partial charge in [-0.25, -0.2) is 4.39 Å². The van der Waals surface area contributed by atoms with E-state index in [-0.39, 0.29) is 23.8 Å². The maximum absolute atomic E-state index is 13.7. The molecule has 3 nitrogen and oxygen atoms in total. The topological polar surface area (TPSA) is 40.5 Å². The van der Waals surface area contributed by atoms with E-state index in [1.165, 1.54) is 0 Å². The van der Waals surface area contributed by atoms with Gasteiger partial charge in [-0.1, -0.05) is 12.1 Å². The summed E-state index contributed by atoms with van der Waals surface area (Å²) in [6.07, 6.45) is 1.33. The molecular formula is C16H22FNO2. The number of nitrogens with zero attached hydrogens (tertiary/aromatic N) is 1. The lowest BCUT2D eigenvalue weighted by atomic mass is 9.89. The van der Waals surface area contributed by atoms with E-state index in [0.717, 1.165) is 12.1 Å².